The van der Waals surface area contributed by atoms with Crippen molar-refractivity contribution in [3.63, 3.8) is 0 Å². The third kappa shape index (κ3) is 2.13. The van der Waals surface area contributed by atoms with Crippen molar-refractivity contribution in [2.75, 3.05) is 13.1 Å². The van der Waals surface area contributed by atoms with Crippen LogP contribution in [0.5, 0.6) is 0 Å². The normalized spacial score (nSPS) is 25.2. The van der Waals surface area contributed by atoms with Crippen molar-refractivity contribution in [3.8, 4) is 0 Å². The van der Waals surface area contributed by atoms with E-state index in [4.69, 9.17) is 0 Å². The van der Waals surface area contributed by atoms with Gasteiger partial charge in [-0.1, -0.05) is 6.07 Å². The highest BCUT2D eigenvalue weighted by atomic mass is 16.2. The molecule has 0 bridgehead atoms. The number of hydrogen-bond donors (Lipinski definition) is 2. The number of fused-ring (bicyclic) bond motifs is 1. The highest BCUT2D eigenvalue weighted by molar-refractivity contribution is 6.00. The highest BCUT2D eigenvalue weighted by Crippen LogP contribution is 2.53. The second kappa shape index (κ2) is 5.30. The summed E-state index contributed by atoms with van der Waals surface area (Å²) in [4.78, 5) is 36.5. The smallest absolute Gasteiger partial charge is 0.316 e. The second-order valence-corrected chi connectivity index (χ2v) is 8.14. The van der Waals surface area contributed by atoms with Crippen LogP contribution in [0.15, 0.2) is 23.0 Å². The lowest BCUT2D eigenvalue weighted by molar-refractivity contribution is -0.135. The van der Waals surface area contributed by atoms with Crippen LogP contribution in [0.3, 0.4) is 0 Å². The standard InChI is InChI=1S/C19H22N4O3/c1-22-15-6-11(12-7-19(8-12)9-20-10-19)2-3-13(15)23(18(22)26)14-4-5-16(24)21-17(14)25/h2-3,6,12,14,20H,4-5,7-10H2,1H3,(H,21,24,25). The molecule has 3 aliphatic rings. The van der Waals surface area contributed by atoms with Gasteiger partial charge in [-0.15, -0.1) is 0 Å². The predicted molar refractivity (Wildman–Crippen MR) is 95.9 cm³/mol. The fourth-order valence-electron chi connectivity index (χ4n) is 4.85. The monoisotopic (exact) mass is 354 g/mol. The first-order valence-corrected chi connectivity index (χ1v) is 9.23. The lowest BCUT2D eigenvalue weighted by Crippen LogP contribution is -2.59. The van der Waals surface area contributed by atoms with Crippen LogP contribution in [0.4, 0.5) is 0 Å². The molecule has 1 atom stereocenters. The Morgan fingerprint density at radius 2 is 1.88 bits per heavy atom. The molecule has 1 spiro atoms. The first kappa shape index (κ1) is 15.8. The maximum absolute atomic E-state index is 12.8. The molecule has 5 rings (SSSR count). The number of imidazole rings is 1. The van der Waals surface area contributed by atoms with E-state index in [2.05, 4.69) is 22.8 Å². The van der Waals surface area contributed by atoms with E-state index in [9.17, 15) is 14.4 Å². The number of aromatic nitrogens is 2. The molecule has 26 heavy (non-hydrogen) atoms. The Labute approximate surface area is 150 Å². The first-order chi connectivity index (χ1) is 12.5. The summed E-state index contributed by atoms with van der Waals surface area (Å²) in [5, 5.41) is 5.70. The lowest BCUT2D eigenvalue weighted by Gasteiger charge is -2.54. The SMILES string of the molecule is Cn1c(=O)n(C2CCC(=O)NC2=O)c2ccc(C3CC4(CNC4)C3)cc21. The van der Waals surface area contributed by atoms with Crippen LogP contribution in [0.2, 0.25) is 0 Å². The number of imide groups is 1. The molecule has 2 saturated heterocycles. The third-order valence-electron chi connectivity index (χ3n) is 6.47. The molecule has 1 saturated carbocycles. The van der Waals surface area contributed by atoms with Crippen LogP contribution in [0.25, 0.3) is 11.0 Å². The van der Waals surface area contributed by atoms with Gasteiger partial charge in [0.25, 0.3) is 0 Å². The van der Waals surface area contributed by atoms with E-state index >= 15 is 0 Å². The van der Waals surface area contributed by atoms with Crippen molar-refractivity contribution in [1.29, 1.82) is 0 Å². The van der Waals surface area contributed by atoms with E-state index < -0.39 is 11.9 Å². The average molecular weight is 354 g/mol. The van der Waals surface area contributed by atoms with E-state index in [0.29, 0.717) is 17.8 Å². The minimum Gasteiger partial charge on any atom is -0.316 e. The molecule has 2 amide bonds. The molecule has 2 N–H and O–H groups in total. The topological polar surface area (TPSA) is 85.1 Å². The number of rotatable bonds is 2. The molecule has 1 aliphatic carbocycles. The summed E-state index contributed by atoms with van der Waals surface area (Å²) < 4.78 is 3.15. The molecule has 7 nitrogen and oxygen atoms in total. The number of carbonyl (C=O) groups is 2. The van der Waals surface area contributed by atoms with Gasteiger partial charge in [-0.25, -0.2) is 4.79 Å². The Bertz CT molecular complexity index is 990. The van der Waals surface area contributed by atoms with Gasteiger partial charge in [0.1, 0.15) is 6.04 Å². The van der Waals surface area contributed by atoms with Crippen LogP contribution in [-0.2, 0) is 16.6 Å². The molecule has 1 aromatic carbocycles. The van der Waals surface area contributed by atoms with Crippen molar-refractivity contribution in [1.82, 2.24) is 19.8 Å². The van der Waals surface area contributed by atoms with Crippen molar-refractivity contribution >= 4 is 22.8 Å². The number of piperidine rings is 1. The fourth-order valence-corrected chi connectivity index (χ4v) is 4.85. The minimum atomic E-state index is -0.622. The third-order valence-corrected chi connectivity index (χ3v) is 6.47. The van der Waals surface area contributed by atoms with Gasteiger partial charge in [-0.05, 0) is 48.3 Å². The number of aryl methyl sites for hydroxylation is 1. The van der Waals surface area contributed by atoms with E-state index in [-0.39, 0.29) is 18.0 Å². The number of nitrogens with one attached hydrogen (secondary N) is 2. The van der Waals surface area contributed by atoms with E-state index in [1.54, 1.807) is 16.2 Å². The van der Waals surface area contributed by atoms with E-state index in [0.717, 1.165) is 24.1 Å². The molecule has 136 valence electrons. The second-order valence-electron chi connectivity index (χ2n) is 8.14. The molecule has 1 unspecified atom stereocenters. The summed E-state index contributed by atoms with van der Waals surface area (Å²) >= 11 is 0. The Morgan fingerprint density at radius 3 is 2.54 bits per heavy atom. The zero-order valence-corrected chi connectivity index (χ0v) is 14.7. The molecular weight excluding hydrogens is 332 g/mol. The number of nitrogens with zero attached hydrogens (tertiary/aromatic N) is 2. The Balaban J connectivity index is 1.52. The first-order valence-electron chi connectivity index (χ1n) is 9.23. The van der Waals surface area contributed by atoms with Crippen molar-refractivity contribution in [2.45, 2.75) is 37.6 Å². The van der Waals surface area contributed by atoms with Gasteiger partial charge < -0.3 is 5.32 Å². The number of amides is 2. The number of benzene rings is 1. The van der Waals surface area contributed by atoms with Crippen molar-refractivity contribution < 1.29 is 9.59 Å². The summed E-state index contributed by atoms with van der Waals surface area (Å²) in [6.07, 6.45) is 3.03. The van der Waals surface area contributed by atoms with Gasteiger partial charge in [0, 0.05) is 26.6 Å². The van der Waals surface area contributed by atoms with Crippen molar-refractivity contribution in [3.05, 3.63) is 34.2 Å². The molecule has 3 fully saturated rings. The van der Waals surface area contributed by atoms with Crippen molar-refractivity contribution in [2.24, 2.45) is 12.5 Å². The lowest BCUT2D eigenvalue weighted by atomic mass is 9.57. The van der Waals surface area contributed by atoms with Crippen LogP contribution >= 0.6 is 0 Å². The van der Waals surface area contributed by atoms with Gasteiger partial charge in [-0.3, -0.25) is 24.0 Å². The predicted octanol–water partition coefficient (Wildman–Crippen LogP) is 0.785. The molecular formula is C19H22N4O3. The van der Waals surface area contributed by atoms with Gasteiger partial charge in [0.05, 0.1) is 11.0 Å². The van der Waals surface area contributed by atoms with Gasteiger partial charge in [-0.2, -0.15) is 0 Å². The molecule has 0 radical (unpaired) electrons. The maximum atomic E-state index is 12.8. The van der Waals surface area contributed by atoms with Crippen LogP contribution in [0.1, 0.15) is 43.2 Å². The summed E-state index contributed by atoms with van der Waals surface area (Å²) in [6.45, 7) is 2.24. The van der Waals surface area contributed by atoms with Crippen LogP contribution in [-0.4, -0.2) is 34.0 Å². The molecule has 1 aromatic heterocycles. The highest BCUT2D eigenvalue weighted by Gasteiger charge is 2.48. The number of carbonyl (C=O) groups excluding carboxylic acids is 2. The fraction of sp³-hybridized carbons (Fsp3) is 0.526. The molecule has 2 aromatic rings. The summed E-state index contributed by atoms with van der Waals surface area (Å²) in [7, 11) is 1.74. The minimum absolute atomic E-state index is 0.208. The van der Waals surface area contributed by atoms with E-state index in [1.165, 1.54) is 18.4 Å². The zero-order chi connectivity index (χ0) is 18.1. The Kier molecular flexibility index (Phi) is 3.22. The molecule has 3 heterocycles. The van der Waals surface area contributed by atoms with Gasteiger partial charge in [0.2, 0.25) is 11.8 Å². The summed E-state index contributed by atoms with van der Waals surface area (Å²) in [5.41, 5.74) is 3.18. The summed E-state index contributed by atoms with van der Waals surface area (Å²) in [5.74, 6) is -0.111. The molecule has 2 aliphatic heterocycles. The van der Waals surface area contributed by atoms with Crippen LogP contribution < -0.4 is 16.3 Å². The largest absolute Gasteiger partial charge is 0.329 e. The quantitative estimate of drug-likeness (QED) is 0.781. The maximum Gasteiger partial charge on any atom is 0.329 e. The number of hydrogen-bond acceptors (Lipinski definition) is 4. The van der Waals surface area contributed by atoms with Gasteiger partial charge >= 0.3 is 5.69 Å². The zero-order valence-electron chi connectivity index (χ0n) is 14.7. The Morgan fingerprint density at radius 1 is 1.12 bits per heavy atom. The average Bonchev–Trinajstić information content (AvgIpc) is 2.77. The van der Waals surface area contributed by atoms with E-state index in [1.807, 2.05) is 6.07 Å². The summed E-state index contributed by atoms with van der Waals surface area (Å²) in [6, 6.07) is 5.53. The Hall–Kier alpha value is -2.41. The molecule has 7 heteroatoms. The van der Waals surface area contributed by atoms with Gasteiger partial charge in [0.15, 0.2) is 0 Å². The van der Waals surface area contributed by atoms with Crippen LogP contribution in [0, 0.1) is 5.41 Å².